The Morgan fingerprint density at radius 1 is 1.17 bits per heavy atom. The average molecular weight is 329 g/mol. The Bertz CT molecular complexity index is 649. The van der Waals surface area contributed by atoms with E-state index in [1.54, 1.807) is 19.3 Å². The first-order chi connectivity index (χ1) is 11.7. The smallest absolute Gasteiger partial charge is 0.225 e. The van der Waals surface area contributed by atoms with E-state index in [0.717, 1.165) is 57.3 Å². The Hall–Kier alpha value is -2.35. The zero-order valence-corrected chi connectivity index (χ0v) is 14.0. The highest BCUT2D eigenvalue weighted by molar-refractivity contribution is 5.75. The molecule has 2 aromatic heterocycles. The van der Waals surface area contributed by atoms with Crippen LogP contribution in [-0.4, -0.2) is 61.8 Å². The van der Waals surface area contributed by atoms with Crippen LogP contribution < -0.4 is 4.90 Å². The normalized spacial score (nSPS) is 15.6. The van der Waals surface area contributed by atoms with Gasteiger partial charge in [-0.05, 0) is 19.4 Å². The lowest BCUT2D eigenvalue weighted by molar-refractivity contribution is -0.117. The van der Waals surface area contributed by atoms with E-state index >= 15 is 0 Å². The lowest BCUT2D eigenvalue weighted by Crippen LogP contribution is -2.46. The molecule has 1 saturated heterocycles. The molecule has 128 valence electrons. The van der Waals surface area contributed by atoms with Crippen molar-refractivity contribution in [2.75, 3.05) is 31.1 Å². The number of ketones is 1. The molecule has 0 atom stereocenters. The lowest BCUT2D eigenvalue weighted by atomic mass is 10.2. The third-order valence-electron chi connectivity index (χ3n) is 4.10. The zero-order chi connectivity index (χ0) is 16.8. The van der Waals surface area contributed by atoms with Crippen LogP contribution in [0.1, 0.15) is 25.5 Å². The monoisotopic (exact) mass is 329 g/mol. The highest BCUT2D eigenvalue weighted by Crippen LogP contribution is 2.11. The molecule has 0 saturated carbocycles. The molecule has 2 aromatic rings. The highest BCUT2D eigenvalue weighted by atomic mass is 16.1. The Kier molecular flexibility index (Phi) is 5.47. The Labute approximate surface area is 141 Å². The molecular formula is C16H23N7O. The lowest BCUT2D eigenvalue weighted by Gasteiger charge is -2.34. The summed E-state index contributed by atoms with van der Waals surface area (Å²) in [7, 11) is 0. The van der Waals surface area contributed by atoms with E-state index in [9.17, 15) is 4.79 Å². The van der Waals surface area contributed by atoms with Crippen molar-refractivity contribution in [1.29, 1.82) is 0 Å². The molecule has 0 bridgehead atoms. The summed E-state index contributed by atoms with van der Waals surface area (Å²) in [5.74, 6) is 1.02. The van der Waals surface area contributed by atoms with Crippen LogP contribution >= 0.6 is 0 Å². The summed E-state index contributed by atoms with van der Waals surface area (Å²) < 4.78 is 1.83. The Balaban J connectivity index is 1.44. The van der Waals surface area contributed by atoms with Crippen molar-refractivity contribution >= 4 is 11.7 Å². The number of hydrogen-bond donors (Lipinski definition) is 0. The molecule has 1 aliphatic heterocycles. The van der Waals surface area contributed by atoms with Crippen molar-refractivity contribution in [1.82, 2.24) is 29.9 Å². The predicted molar refractivity (Wildman–Crippen MR) is 89.5 cm³/mol. The third-order valence-corrected chi connectivity index (χ3v) is 4.10. The maximum absolute atomic E-state index is 11.0. The number of anilines is 1. The van der Waals surface area contributed by atoms with E-state index < -0.39 is 0 Å². The van der Waals surface area contributed by atoms with Gasteiger partial charge in [-0.25, -0.2) is 9.97 Å². The van der Waals surface area contributed by atoms with Gasteiger partial charge in [-0.15, -0.1) is 5.10 Å². The zero-order valence-electron chi connectivity index (χ0n) is 14.0. The van der Waals surface area contributed by atoms with Crippen LogP contribution in [0.5, 0.6) is 0 Å². The molecule has 3 heterocycles. The minimum atomic E-state index is 0.218. The number of piperazine rings is 1. The summed E-state index contributed by atoms with van der Waals surface area (Å²) in [5.41, 5.74) is 0.974. The van der Waals surface area contributed by atoms with E-state index in [4.69, 9.17) is 0 Å². The van der Waals surface area contributed by atoms with Crippen LogP contribution in [0.2, 0.25) is 0 Å². The Morgan fingerprint density at radius 2 is 1.92 bits per heavy atom. The van der Waals surface area contributed by atoms with Gasteiger partial charge in [0.05, 0.1) is 5.69 Å². The van der Waals surface area contributed by atoms with Crippen molar-refractivity contribution in [3.8, 4) is 0 Å². The summed E-state index contributed by atoms with van der Waals surface area (Å²) >= 11 is 0. The minimum absolute atomic E-state index is 0.218. The maximum atomic E-state index is 11.0. The molecule has 0 amide bonds. The van der Waals surface area contributed by atoms with Gasteiger partial charge in [0.2, 0.25) is 5.95 Å². The number of carbonyl (C=O) groups excluding carboxylic acids is 1. The van der Waals surface area contributed by atoms with Crippen molar-refractivity contribution < 1.29 is 4.79 Å². The van der Waals surface area contributed by atoms with Gasteiger partial charge in [-0.1, -0.05) is 5.21 Å². The maximum Gasteiger partial charge on any atom is 0.225 e. The van der Waals surface area contributed by atoms with Gasteiger partial charge < -0.3 is 9.69 Å². The van der Waals surface area contributed by atoms with E-state index in [2.05, 4.69) is 30.1 Å². The second-order valence-electron chi connectivity index (χ2n) is 6.09. The molecule has 0 aromatic carbocycles. The van der Waals surface area contributed by atoms with Crippen molar-refractivity contribution in [2.24, 2.45) is 0 Å². The van der Waals surface area contributed by atoms with Crippen molar-refractivity contribution in [3.63, 3.8) is 0 Å². The molecule has 0 aliphatic carbocycles. The molecule has 3 rings (SSSR count). The van der Waals surface area contributed by atoms with E-state index in [1.807, 2.05) is 16.9 Å². The summed E-state index contributed by atoms with van der Waals surface area (Å²) in [6.45, 7) is 6.90. The number of carbonyl (C=O) groups is 1. The van der Waals surface area contributed by atoms with Crippen molar-refractivity contribution in [3.05, 3.63) is 30.4 Å². The van der Waals surface area contributed by atoms with E-state index in [-0.39, 0.29) is 5.78 Å². The highest BCUT2D eigenvalue weighted by Gasteiger charge is 2.19. The predicted octanol–water partition coefficient (Wildman–Crippen LogP) is 0.759. The van der Waals surface area contributed by atoms with Crippen LogP contribution in [0.4, 0.5) is 5.95 Å². The number of aryl methyl sites for hydroxylation is 1. The van der Waals surface area contributed by atoms with Crippen LogP contribution in [0.25, 0.3) is 0 Å². The van der Waals surface area contributed by atoms with Gasteiger partial charge in [-0.3, -0.25) is 9.58 Å². The molecule has 1 aliphatic rings. The van der Waals surface area contributed by atoms with Gasteiger partial charge in [-0.2, -0.15) is 0 Å². The van der Waals surface area contributed by atoms with Crippen molar-refractivity contribution in [2.45, 2.75) is 32.9 Å². The second kappa shape index (κ2) is 7.96. The average Bonchev–Trinajstić information content (AvgIpc) is 3.03. The summed E-state index contributed by atoms with van der Waals surface area (Å²) in [5, 5.41) is 8.37. The summed E-state index contributed by atoms with van der Waals surface area (Å²) in [6.07, 6.45) is 6.94. The Morgan fingerprint density at radius 3 is 2.62 bits per heavy atom. The van der Waals surface area contributed by atoms with Gasteiger partial charge in [0.1, 0.15) is 5.78 Å². The third kappa shape index (κ3) is 4.58. The van der Waals surface area contributed by atoms with Crippen LogP contribution in [0.3, 0.4) is 0 Å². The molecule has 24 heavy (non-hydrogen) atoms. The fourth-order valence-corrected chi connectivity index (χ4v) is 2.80. The first-order valence-electron chi connectivity index (χ1n) is 8.33. The van der Waals surface area contributed by atoms with Gasteiger partial charge >= 0.3 is 0 Å². The largest absolute Gasteiger partial charge is 0.338 e. The van der Waals surface area contributed by atoms with Gasteiger partial charge in [0.15, 0.2) is 0 Å². The molecule has 8 nitrogen and oxygen atoms in total. The van der Waals surface area contributed by atoms with E-state index in [0.29, 0.717) is 6.42 Å². The van der Waals surface area contributed by atoms with Gasteiger partial charge in [0.25, 0.3) is 0 Å². The molecule has 1 fully saturated rings. The second-order valence-corrected chi connectivity index (χ2v) is 6.09. The topological polar surface area (TPSA) is 80.0 Å². The molecule has 0 unspecified atom stereocenters. The molecule has 0 spiro atoms. The number of hydrogen-bond acceptors (Lipinski definition) is 7. The van der Waals surface area contributed by atoms with Crippen LogP contribution in [0.15, 0.2) is 24.7 Å². The van der Waals surface area contributed by atoms with Crippen LogP contribution in [0, 0.1) is 0 Å². The number of aromatic nitrogens is 5. The molecule has 0 N–H and O–H groups in total. The van der Waals surface area contributed by atoms with Gasteiger partial charge in [0, 0.05) is 64.3 Å². The summed E-state index contributed by atoms with van der Waals surface area (Å²) in [4.78, 5) is 24.1. The van der Waals surface area contributed by atoms with Crippen LogP contribution in [-0.2, 0) is 17.9 Å². The summed E-state index contributed by atoms with van der Waals surface area (Å²) in [6, 6.07) is 1.83. The molecule has 0 radical (unpaired) electrons. The molecular weight excluding hydrogens is 306 g/mol. The first kappa shape index (κ1) is 16.5. The fourth-order valence-electron chi connectivity index (χ4n) is 2.80. The van der Waals surface area contributed by atoms with E-state index in [1.165, 1.54) is 0 Å². The standard InChI is InChI=1S/C16H23N7O/c1-14(24)4-2-7-23-13-15(19-20-23)12-21-8-10-22(11-9-21)16-17-5-3-6-18-16/h3,5-6,13H,2,4,7-12H2,1H3. The minimum Gasteiger partial charge on any atom is -0.338 e. The number of nitrogens with zero attached hydrogens (tertiary/aromatic N) is 7. The number of Topliss-reactive ketones (excluding diaryl/α,β-unsaturated/α-hetero) is 1. The quantitative estimate of drug-likeness (QED) is 0.742. The SMILES string of the molecule is CC(=O)CCCn1cc(CN2CCN(c3ncccn3)CC2)nn1. The first-order valence-corrected chi connectivity index (χ1v) is 8.33. The number of rotatable bonds is 7. The molecule has 8 heteroatoms. The fraction of sp³-hybridized carbons (Fsp3) is 0.562.